The van der Waals surface area contributed by atoms with Crippen molar-refractivity contribution in [3.63, 3.8) is 0 Å². The van der Waals surface area contributed by atoms with Crippen molar-refractivity contribution < 1.29 is 19.1 Å². The Kier molecular flexibility index (Phi) is 7.55. The number of alkyl carbamates (subject to hydrolysis) is 1. The molecule has 1 atom stereocenters. The van der Waals surface area contributed by atoms with Gasteiger partial charge in [-0.15, -0.1) is 11.3 Å². The molecule has 33 heavy (non-hydrogen) atoms. The van der Waals surface area contributed by atoms with E-state index in [9.17, 15) is 9.59 Å². The minimum absolute atomic E-state index is 0.0542. The molecule has 0 aliphatic carbocycles. The van der Waals surface area contributed by atoms with E-state index in [0.29, 0.717) is 12.5 Å². The molecule has 0 bridgehead atoms. The van der Waals surface area contributed by atoms with Crippen LogP contribution in [-0.2, 0) is 16.1 Å². The molecule has 2 aliphatic rings. The van der Waals surface area contributed by atoms with Gasteiger partial charge in [0.25, 0.3) is 0 Å². The number of benzene rings is 1. The maximum absolute atomic E-state index is 13.3. The standard InChI is InChI=1S/C25H33N3O4S/c1-31-20-7-5-19(6-8-20)18-28-16-12-25(23(28)29)10-14-27(15-11-25)13-9-21(26-24(30)32-2)22-4-3-17-33-22/h3-8,17,21H,9-16,18H2,1-2H3,(H,26,30). The molecule has 2 fully saturated rings. The van der Waals surface area contributed by atoms with Gasteiger partial charge in [0.15, 0.2) is 0 Å². The lowest BCUT2D eigenvalue weighted by molar-refractivity contribution is -0.138. The Balaban J connectivity index is 1.28. The van der Waals surface area contributed by atoms with Crippen LogP contribution in [0.5, 0.6) is 5.75 Å². The maximum atomic E-state index is 13.3. The average Bonchev–Trinajstić information content (AvgIpc) is 3.48. The summed E-state index contributed by atoms with van der Waals surface area (Å²) in [6.07, 6.45) is 3.16. The lowest BCUT2D eigenvalue weighted by Gasteiger charge is -2.38. The first-order chi connectivity index (χ1) is 16.0. The second-order valence-electron chi connectivity index (χ2n) is 8.94. The molecular weight excluding hydrogens is 438 g/mol. The highest BCUT2D eigenvalue weighted by atomic mass is 32.1. The summed E-state index contributed by atoms with van der Waals surface area (Å²) in [7, 11) is 3.05. The number of ether oxygens (including phenoxy) is 2. The van der Waals surface area contributed by atoms with Crippen LogP contribution in [-0.4, -0.2) is 62.2 Å². The van der Waals surface area contributed by atoms with Crippen molar-refractivity contribution in [1.29, 1.82) is 0 Å². The van der Waals surface area contributed by atoms with E-state index in [4.69, 9.17) is 9.47 Å². The molecular formula is C25H33N3O4S. The van der Waals surface area contributed by atoms with Gasteiger partial charge in [0.05, 0.1) is 25.7 Å². The molecule has 178 valence electrons. The van der Waals surface area contributed by atoms with Crippen LogP contribution in [0.25, 0.3) is 0 Å². The maximum Gasteiger partial charge on any atom is 0.407 e. The third-order valence-electron chi connectivity index (χ3n) is 7.04. The number of nitrogens with zero attached hydrogens (tertiary/aromatic N) is 2. The number of hydrogen-bond acceptors (Lipinski definition) is 6. The number of rotatable bonds is 8. The Hall–Kier alpha value is -2.58. The fourth-order valence-electron chi connectivity index (χ4n) is 4.95. The van der Waals surface area contributed by atoms with E-state index in [1.54, 1.807) is 18.4 Å². The summed E-state index contributed by atoms with van der Waals surface area (Å²) < 4.78 is 10.0. The van der Waals surface area contributed by atoms with Gasteiger partial charge in [-0.05, 0) is 67.9 Å². The largest absolute Gasteiger partial charge is 0.497 e. The molecule has 1 unspecified atom stereocenters. The summed E-state index contributed by atoms with van der Waals surface area (Å²) in [5.74, 6) is 1.14. The predicted octanol–water partition coefficient (Wildman–Crippen LogP) is 4.06. The van der Waals surface area contributed by atoms with Crippen LogP contribution in [0.1, 0.15) is 42.2 Å². The highest BCUT2D eigenvalue weighted by Crippen LogP contribution is 2.42. The Morgan fingerprint density at radius 3 is 2.48 bits per heavy atom. The highest BCUT2D eigenvalue weighted by Gasteiger charge is 2.47. The molecule has 0 radical (unpaired) electrons. The zero-order valence-electron chi connectivity index (χ0n) is 19.4. The first-order valence-electron chi connectivity index (χ1n) is 11.6. The van der Waals surface area contributed by atoms with Crippen LogP contribution in [0.4, 0.5) is 4.79 Å². The van der Waals surface area contributed by atoms with Gasteiger partial charge in [0.2, 0.25) is 5.91 Å². The predicted molar refractivity (Wildman–Crippen MR) is 128 cm³/mol. The van der Waals surface area contributed by atoms with E-state index >= 15 is 0 Å². The van der Waals surface area contributed by atoms with Gasteiger partial charge in [0.1, 0.15) is 5.75 Å². The summed E-state index contributed by atoms with van der Waals surface area (Å²) in [6.45, 7) is 4.20. The molecule has 2 aliphatic heterocycles. The Bertz CT molecular complexity index is 924. The molecule has 2 saturated heterocycles. The summed E-state index contributed by atoms with van der Waals surface area (Å²) in [6, 6.07) is 12.0. The Morgan fingerprint density at radius 2 is 1.85 bits per heavy atom. The van der Waals surface area contributed by atoms with Crippen LogP contribution < -0.4 is 10.1 Å². The first-order valence-corrected chi connectivity index (χ1v) is 12.4. The van der Waals surface area contributed by atoms with Crippen molar-refractivity contribution in [2.45, 2.75) is 38.3 Å². The summed E-state index contributed by atoms with van der Waals surface area (Å²) >= 11 is 1.64. The van der Waals surface area contributed by atoms with Crippen molar-refractivity contribution in [3.8, 4) is 5.75 Å². The van der Waals surface area contributed by atoms with Crippen LogP contribution in [0.15, 0.2) is 41.8 Å². The third kappa shape index (κ3) is 5.50. The number of nitrogens with one attached hydrogen (secondary N) is 1. The first kappa shape index (κ1) is 23.6. The van der Waals surface area contributed by atoms with Crippen LogP contribution >= 0.6 is 11.3 Å². The molecule has 7 nitrogen and oxygen atoms in total. The SMILES string of the molecule is COC(=O)NC(CCN1CCC2(CC1)CCN(Cc1ccc(OC)cc1)C2=O)c1cccs1. The second kappa shape index (κ2) is 10.6. The lowest BCUT2D eigenvalue weighted by atomic mass is 9.77. The topological polar surface area (TPSA) is 71.1 Å². The van der Waals surface area contributed by atoms with Gasteiger partial charge in [-0.2, -0.15) is 0 Å². The highest BCUT2D eigenvalue weighted by molar-refractivity contribution is 7.10. The summed E-state index contributed by atoms with van der Waals surface area (Å²) in [4.78, 5) is 30.7. The summed E-state index contributed by atoms with van der Waals surface area (Å²) in [5, 5.41) is 4.98. The average molecular weight is 472 g/mol. The zero-order valence-corrected chi connectivity index (χ0v) is 20.2. The molecule has 3 heterocycles. The lowest BCUT2D eigenvalue weighted by Crippen LogP contribution is -2.45. The van der Waals surface area contributed by atoms with Crippen molar-refractivity contribution in [3.05, 3.63) is 52.2 Å². The molecule has 1 spiro atoms. The van der Waals surface area contributed by atoms with E-state index in [1.807, 2.05) is 46.7 Å². The number of methoxy groups -OCH3 is 2. The van der Waals surface area contributed by atoms with Gasteiger partial charge in [0, 0.05) is 24.5 Å². The number of amides is 2. The molecule has 1 aromatic carbocycles. The number of hydrogen-bond donors (Lipinski definition) is 1. The van der Waals surface area contributed by atoms with Crippen molar-refractivity contribution in [2.75, 3.05) is 40.4 Å². The third-order valence-corrected chi connectivity index (χ3v) is 8.03. The minimum Gasteiger partial charge on any atom is -0.497 e. The smallest absolute Gasteiger partial charge is 0.407 e. The second-order valence-corrected chi connectivity index (χ2v) is 9.92. The van der Waals surface area contributed by atoms with Gasteiger partial charge >= 0.3 is 6.09 Å². The van der Waals surface area contributed by atoms with E-state index in [0.717, 1.165) is 68.1 Å². The van der Waals surface area contributed by atoms with Crippen LogP contribution in [0.3, 0.4) is 0 Å². The molecule has 8 heteroatoms. The van der Waals surface area contributed by atoms with Crippen LogP contribution in [0, 0.1) is 5.41 Å². The van der Waals surface area contributed by atoms with E-state index < -0.39 is 6.09 Å². The molecule has 1 N–H and O–H groups in total. The molecule has 4 rings (SSSR count). The van der Waals surface area contributed by atoms with Crippen molar-refractivity contribution >= 4 is 23.3 Å². The molecule has 2 aromatic rings. The fraction of sp³-hybridized carbons (Fsp3) is 0.520. The number of carbonyl (C=O) groups is 2. The van der Waals surface area contributed by atoms with E-state index in [2.05, 4.69) is 10.2 Å². The van der Waals surface area contributed by atoms with E-state index in [1.165, 1.54) is 7.11 Å². The summed E-state index contributed by atoms with van der Waals surface area (Å²) in [5.41, 5.74) is 0.928. The van der Waals surface area contributed by atoms with Crippen molar-refractivity contribution in [1.82, 2.24) is 15.1 Å². The molecule has 0 saturated carbocycles. The Morgan fingerprint density at radius 1 is 1.12 bits per heavy atom. The normalized spacial score (nSPS) is 19.0. The van der Waals surface area contributed by atoms with Crippen molar-refractivity contribution in [2.24, 2.45) is 5.41 Å². The Labute approximate surface area is 199 Å². The minimum atomic E-state index is -0.403. The number of likely N-dealkylation sites (tertiary alicyclic amines) is 2. The van der Waals surface area contributed by atoms with Gasteiger partial charge < -0.3 is 24.6 Å². The van der Waals surface area contributed by atoms with Crippen LogP contribution in [0.2, 0.25) is 0 Å². The van der Waals surface area contributed by atoms with Gasteiger partial charge in [-0.1, -0.05) is 18.2 Å². The quantitative estimate of drug-likeness (QED) is 0.629. The van der Waals surface area contributed by atoms with Gasteiger partial charge in [-0.3, -0.25) is 4.79 Å². The molecule has 1 aromatic heterocycles. The molecule has 2 amide bonds. The zero-order chi connectivity index (χ0) is 23.3. The number of piperidine rings is 1. The number of thiophene rings is 1. The monoisotopic (exact) mass is 471 g/mol. The van der Waals surface area contributed by atoms with E-state index in [-0.39, 0.29) is 11.5 Å². The number of carbonyl (C=O) groups excluding carboxylic acids is 2. The van der Waals surface area contributed by atoms with Gasteiger partial charge in [-0.25, -0.2) is 4.79 Å². The fourth-order valence-corrected chi connectivity index (χ4v) is 5.76.